The predicted octanol–water partition coefficient (Wildman–Crippen LogP) is 3.13. The van der Waals surface area contributed by atoms with Crippen molar-refractivity contribution in [3.05, 3.63) is 58.7 Å². The average Bonchev–Trinajstić information content (AvgIpc) is 2.41. The lowest BCUT2D eigenvalue weighted by Gasteiger charge is -2.12. The molecule has 2 aromatic carbocycles. The zero-order chi connectivity index (χ0) is 14.0. The smallest absolute Gasteiger partial charge is 0.193 e. The van der Waals surface area contributed by atoms with Gasteiger partial charge in [-0.05, 0) is 49.2 Å². The number of ketones is 1. The first-order valence-electron chi connectivity index (χ1n) is 6.09. The van der Waals surface area contributed by atoms with Crippen molar-refractivity contribution in [3.63, 3.8) is 0 Å². The Morgan fingerprint density at radius 3 is 2.47 bits per heavy atom. The second-order valence-electron chi connectivity index (χ2n) is 4.52. The van der Waals surface area contributed by atoms with Gasteiger partial charge in [-0.1, -0.05) is 12.1 Å². The van der Waals surface area contributed by atoms with Crippen LogP contribution in [0.15, 0.2) is 36.4 Å². The minimum atomic E-state index is -0.0180. The van der Waals surface area contributed by atoms with Crippen molar-refractivity contribution in [2.24, 2.45) is 0 Å². The van der Waals surface area contributed by atoms with E-state index >= 15 is 0 Å². The quantitative estimate of drug-likeness (QED) is 0.677. The SMILES string of the molecule is COc1ccc(C(=O)c2cccc(N)c2)c(C)c1C. The van der Waals surface area contributed by atoms with Crippen LogP contribution in [-0.4, -0.2) is 12.9 Å². The minimum Gasteiger partial charge on any atom is -0.496 e. The molecule has 19 heavy (non-hydrogen) atoms. The Morgan fingerprint density at radius 2 is 1.84 bits per heavy atom. The fourth-order valence-electron chi connectivity index (χ4n) is 2.10. The monoisotopic (exact) mass is 255 g/mol. The van der Waals surface area contributed by atoms with Crippen molar-refractivity contribution in [2.45, 2.75) is 13.8 Å². The summed E-state index contributed by atoms with van der Waals surface area (Å²) in [4.78, 5) is 12.5. The third-order valence-electron chi connectivity index (χ3n) is 3.35. The van der Waals surface area contributed by atoms with Crippen LogP contribution < -0.4 is 10.5 Å². The molecule has 0 bridgehead atoms. The third-order valence-corrected chi connectivity index (χ3v) is 3.35. The van der Waals surface area contributed by atoms with Crippen LogP contribution in [0, 0.1) is 13.8 Å². The fraction of sp³-hybridized carbons (Fsp3) is 0.188. The summed E-state index contributed by atoms with van der Waals surface area (Å²) in [6.45, 7) is 3.88. The van der Waals surface area contributed by atoms with E-state index in [0.717, 1.165) is 16.9 Å². The Hall–Kier alpha value is -2.29. The number of methoxy groups -OCH3 is 1. The van der Waals surface area contributed by atoms with Crippen molar-refractivity contribution in [2.75, 3.05) is 12.8 Å². The molecule has 0 atom stereocenters. The van der Waals surface area contributed by atoms with Gasteiger partial charge in [0.2, 0.25) is 0 Å². The topological polar surface area (TPSA) is 52.3 Å². The number of rotatable bonds is 3. The third kappa shape index (κ3) is 2.45. The van der Waals surface area contributed by atoms with Crippen molar-refractivity contribution < 1.29 is 9.53 Å². The summed E-state index contributed by atoms with van der Waals surface area (Å²) < 4.78 is 5.25. The molecule has 0 aliphatic carbocycles. The first-order chi connectivity index (χ1) is 9.04. The van der Waals surface area contributed by atoms with E-state index in [0.29, 0.717) is 16.8 Å². The summed E-state index contributed by atoms with van der Waals surface area (Å²) in [5, 5.41) is 0. The van der Waals surface area contributed by atoms with Crippen molar-refractivity contribution in [1.29, 1.82) is 0 Å². The van der Waals surface area contributed by atoms with E-state index in [1.165, 1.54) is 0 Å². The van der Waals surface area contributed by atoms with Crippen LogP contribution in [0.4, 0.5) is 5.69 Å². The average molecular weight is 255 g/mol. The Kier molecular flexibility index (Phi) is 3.56. The van der Waals surface area contributed by atoms with E-state index in [4.69, 9.17) is 10.5 Å². The van der Waals surface area contributed by atoms with E-state index in [1.54, 1.807) is 37.4 Å². The molecule has 3 nitrogen and oxygen atoms in total. The maximum Gasteiger partial charge on any atom is 0.193 e. The lowest BCUT2D eigenvalue weighted by Crippen LogP contribution is -2.06. The number of anilines is 1. The lowest BCUT2D eigenvalue weighted by molar-refractivity contribution is 0.103. The molecule has 2 aromatic rings. The summed E-state index contributed by atoms with van der Waals surface area (Å²) in [5.74, 6) is 0.775. The van der Waals surface area contributed by atoms with Gasteiger partial charge >= 0.3 is 0 Å². The molecule has 0 spiro atoms. The molecule has 3 heteroatoms. The molecule has 0 radical (unpaired) electrons. The maximum absolute atomic E-state index is 12.5. The fourth-order valence-corrected chi connectivity index (χ4v) is 2.10. The molecule has 2 rings (SSSR count). The van der Waals surface area contributed by atoms with Crippen molar-refractivity contribution in [3.8, 4) is 5.75 Å². The van der Waals surface area contributed by atoms with Gasteiger partial charge in [0, 0.05) is 16.8 Å². The van der Waals surface area contributed by atoms with Crippen LogP contribution in [0.1, 0.15) is 27.0 Å². The van der Waals surface area contributed by atoms with Crippen molar-refractivity contribution in [1.82, 2.24) is 0 Å². The molecule has 0 amide bonds. The number of carbonyl (C=O) groups excluding carboxylic acids is 1. The zero-order valence-electron chi connectivity index (χ0n) is 11.4. The van der Waals surface area contributed by atoms with Crippen LogP contribution in [0.5, 0.6) is 5.75 Å². The van der Waals surface area contributed by atoms with E-state index in [-0.39, 0.29) is 5.78 Å². The van der Waals surface area contributed by atoms with E-state index < -0.39 is 0 Å². The lowest BCUT2D eigenvalue weighted by atomic mass is 9.95. The second-order valence-corrected chi connectivity index (χ2v) is 4.52. The maximum atomic E-state index is 12.5. The van der Waals surface area contributed by atoms with Crippen LogP contribution in [-0.2, 0) is 0 Å². The Morgan fingerprint density at radius 1 is 1.11 bits per heavy atom. The molecule has 98 valence electrons. The molecule has 2 N–H and O–H groups in total. The van der Waals surface area contributed by atoms with Gasteiger partial charge < -0.3 is 10.5 Å². The van der Waals surface area contributed by atoms with Gasteiger partial charge in [-0.15, -0.1) is 0 Å². The van der Waals surface area contributed by atoms with Gasteiger partial charge in [0.25, 0.3) is 0 Å². The zero-order valence-corrected chi connectivity index (χ0v) is 11.4. The summed E-state index contributed by atoms with van der Waals surface area (Å²) in [7, 11) is 1.63. The highest BCUT2D eigenvalue weighted by molar-refractivity contribution is 6.10. The van der Waals surface area contributed by atoms with E-state index in [2.05, 4.69) is 0 Å². The molecule has 0 unspecified atom stereocenters. The molecule has 0 saturated carbocycles. The number of hydrogen-bond acceptors (Lipinski definition) is 3. The number of nitrogens with two attached hydrogens (primary N) is 1. The molecule has 0 fully saturated rings. The van der Waals surface area contributed by atoms with Gasteiger partial charge in [0.05, 0.1) is 7.11 Å². The number of nitrogen functional groups attached to an aromatic ring is 1. The van der Waals surface area contributed by atoms with Gasteiger partial charge in [0.15, 0.2) is 5.78 Å². The molecule has 0 aliphatic rings. The van der Waals surface area contributed by atoms with Crippen LogP contribution >= 0.6 is 0 Å². The summed E-state index contributed by atoms with van der Waals surface area (Å²) in [6, 6.07) is 10.6. The second kappa shape index (κ2) is 5.14. The molecule has 0 aromatic heterocycles. The minimum absolute atomic E-state index is 0.0180. The molecule has 0 aliphatic heterocycles. The number of carbonyl (C=O) groups is 1. The first-order valence-corrected chi connectivity index (χ1v) is 6.09. The van der Waals surface area contributed by atoms with Crippen molar-refractivity contribution >= 4 is 11.5 Å². The number of ether oxygens (including phenoxy) is 1. The molecule has 0 heterocycles. The molecular formula is C16H17NO2. The molecular weight excluding hydrogens is 238 g/mol. The normalized spacial score (nSPS) is 10.3. The standard InChI is InChI=1S/C16H17NO2/c1-10-11(2)15(19-3)8-7-14(10)16(18)12-5-4-6-13(17)9-12/h4-9H,17H2,1-3H3. The van der Waals surface area contributed by atoms with Crippen LogP contribution in [0.3, 0.4) is 0 Å². The van der Waals surface area contributed by atoms with Crippen LogP contribution in [0.2, 0.25) is 0 Å². The Labute approximate surface area is 113 Å². The van der Waals surface area contributed by atoms with Gasteiger partial charge in [-0.3, -0.25) is 4.79 Å². The van der Waals surface area contributed by atoms with E-state index in [1.807, 2.05) is 19.9 Å². The number of hydrogen-bond donors (Lipinski definition) is 1. The summed E-state index contributed by atoms with van der Waals surface area (Å²) in [6.07, 6.45) is 0. The van der Waals surface area contributed by atoms with E-state index in [9.17, 15) is 4.79 Å². The van der Waals surface area contributed by atoms with Gasteiger partial charge in [0.1, 0.15) is 5.75 Å². The largest absolute Gasteiger partial charge is 0.496 e. The molecule has 0 saturated heterocycles. The highest BCUT2D eigenvalue weighted by Gasteiger charge is 2.15. The Bertz CT molecular complexity index is 633. The van der Waals surface area contributed by atoms with Gasteiger partial charge in [-0.2, -0.15) is 0 Å². The van der Waals surface area contributed by atoms with Gasteiger partial charge in [-0.25, -0.2) is 0 Å². The van der Waals surface area contributed by atoms with Crippen LogP contribution in [0.25, 0.3) is 0 Å². The highest BCUT2D eigenvalue weighted by Crippen LogP contribution is 2.25. The predicted molar refractivity (Wildman–Crippen MR) is 76.8 cm³/mol. The highest BCUT2D eigenvalue weighted by atomic mass is 16.5. The summed E-state index contributed by atoms with van der Waals surface area (Å²) >= 11 is 0. The summed E-state index contributed by atoms with van der Waals surface area (Å²) in [5.41, 5.74) is 9.52. The number of benzene rings is 2. The first kappa shape index (κ1) is 13.1. The Balaban J connectivity index is 2.48.